The van der Waals surface area contributed by atoms with E-state index in [1.807, 2.05) is 56.6 Å². The molecule has 27 heavy (non-hydrogen) atoms. The van der Waals surface area contributed by atoms with E-state index in [1.54, 1.807) is 16.7 Å². The van der Waals surface area contributed by atoms with Gasteiger partial charge in [-0.05, 0) is 68.0 Å². The van der Waals surface area contributed by atoms with Gasteiger partial charge in [0.1, 0.15) is 0 Å². The predicted molar refractivity (Wildman–Crippen MR) is 116 cm³/mol. The second kappa shape index (κ2) is 8.21. The van der Waals surface area contributed by atoms with Crippen molar-refractivity contribution in [2.24, 2.45) is 0 Å². The van der Waals surface area contributed by atoms with Gasteiger partial charge in [-0.25, -0.2) is 0 Å². The smallest absolute Gasteiger partial charge is 0.239 e. The minimum Gasteiger partial charge on any atom is -0.867 e. The van der Waals surface area contributed by atoms with Gasteiger partial charge in [0.05, 0.1) is 4.34 Å². The van der Waals surface area contributed by atoms with Crippen LogP contribution >= 0.6 is 35.2 Å². The van der Waals surface area contributed by atoms with Crippen LogP contribution in [-0.4, -0.2) is 4.99 Å². The Morgan fingerprint density at radius 2 is 1.89 bits per heavy atom. The lowest BCUT2D eigenvalue weighted by Crippen LogP contribution is -2.40. The maximum atomic E-state index is 13.2. The number of aromatic nitrogens is 1. The molecule has 0 saturated heterocycles. The monoisotopic (exact) mass is 414 g/mol. The van der Waals surface area contributed by atoms with Gasteiger partial charge in [-0.1, -0.05) is 29.9 Å². The van der Waals surface area contributed by atoms with E-state index in [0.717, 1.165) is 16.8 Å². The van der Waals surface area contributed by atoms with Gasteiger partial charge in [0.15, 0.2) is 17.4 Å². The van der Waals surface area contributed by atoms with Crippen LogP contribution < -0.4 is 15.0 Å². The maximum absolute atomic E-state index is 13.2. The summed E-state index contributed by atoms with van der Waals surface area (Å²) in [5.41, 5.74) is 4.63. The average Bonchev–Trinajstić information content (AvgIpc) is 3.05. The molecule has 0 saturated carbocycles. The zero-order valence-corrected chi connectivity index (χ0v) is 17.6. The fourth-order valence-corrected chi connectivity index (χ4v) is 3.93. The highest BCUT2D eigenvalue weighted by Crippen LogP contribution is 2.27. The molecule has 0 spiro atoms. The van der Waals surface area contributed by atoms with Gasteiger partial charge < -0.3 is 10.4 Å². The highest BCUT2D eigenvalue weighted by Gasteiger charge is 2.20. The topological polar surface area (TPSA) is 39.0 Å². The third-order valence-corrected chi connectivity index (χ3v) is 5.72. The van der Waals surface area contributed by atoms with Crippen LogP contribution in [0.3, 0.4) is 0 Å². The van der Waals surface area contributed by atoms with E-state index in [4.69, 9.17) is 23.8 Å². The Labute approximate surface area is 173 Å². The van der Waals surface area contributed by atoms with Crippen molar-refractivity contribution in [2.75, 3.05) is 5.32 Å². The Morgan fingerprint density at radius 1 is 1.11 bits per heavy atom. The Morgan fingerprint density at radius 3 is 2.52 bits per heavy atom. The highest BCUT2D eigenvalue weighted by molar-refractivity contribution is 7.81. The SMILES string of the molecule is Cc1ccc[n+](C(C(=S)Nc2ccc(C)c(C)c2)=C([O-])c2ccc(Cl)s2)c1. The molecule has 3 rings (SSSR count). The van der Waals surface area contributed by atoms with Gasteiger partial charge in [0.2, 0.25) is 5.70 Å². The summed E-state index contributed by atoms with van der Waals surface area (Å²) in [7, 11) is 0. The lowest BCUT2D eigenvalue weighted by atomic mass is 10.1. The zero-order chi connectivity index (χ0) is 19.6. The Balaban J connectivity index is 2.06. The molecule has 2 heterocycles. The van der Waals surface area contributed by atoms with E-state index in [9.17, 15) is 5.11 Å². The number of thiophene rings is 1. The number of rotatable bonds is 4. The van der Waals surface area contributed by atoms with Crippen molar-refractivity contribution in [2.45, 2.75) is 20.8 Å². The Kier molecular flexibility index (Phi) is 5.95. The van der Waals surface area contributed by atoms with Crippen LogP contribution in [0.2, 0.25) is 4.34 Å². The molecule has 6 heteroatoms. The molecule has 138 valence electrons. The fraction of sp³-hybridized carbons (Fsp3) is 0.143. The molecular formula is C21H19ClN2OS2. The number of nitrogens with zero attached hydrogens (tertiary/aromatic N) is 1. The largest absolute Gasteiger partial charge is 0.867 e. The second-order valence-corrected chi connectivity index (χ2v) is 8.45. The van der Waals surface area contributed by atoms with Crippen molar-refractivity contribution in [3.63, 3.8) is 0 Å². The van der Waals surface area contributed by atoms with Crippen molar-refractivity contribution in [1.82, 2.24) is 0 Å². The van der Waals surface area contributed by atoms with Crippen LogP contribution in [0.25, 0.3) is 11.5 Å². The Hall–Kier alpha value is -2.21. The normalized spacial score (nSPS) is 11.9. The molecule has 3 nitrogen and oxygen atoms in total. The van der Waals surface area contributed by atoms with Crippen molar-refractivity contribution >= 4 is 57.3 Å². The lowest BCUT2D eigenvalue weighted by molar-refractivity contribution is -0.578. The number of hydrogen-bond donors (Lipinski definition) is 1. The molecule has 0 aliphatic rings. The number of pyridine rings is 1. The lowest BCUT2D eigenvalue weighted by Gasteiger charge is -2.16. The molecule has 1 N–H and O–H groups in total. The molecule has 0 aliphatic heterocycles. The van der Waals surface area contributed by atoms with E-state index >= 15 is 0 Å². The molecular weight excluding hydrogens is 396 g/mol. The van der Waals surface area contributed by atoms with E-state index < -0.39 is 0 Å². The van der Waals surface area contributed by atoms with Crippen LogP contribution in [0.4, 0.5) is 5.69 Å². The molecule has 0 radical (unpaired) electrons. The molecule has 0 bridgehead atoms. The molecule has 0 aliphatic carbocycles. The first-order valence-electron chi connectivity index (χ1n) is 8.39. The van der Waals surface area contributed by atoms with Crippen LogP contribution in [0.5, 0.6) is 0 Å². The van der Waals surface area contributed by atoms with E-state index in [0.29, 0.717) is 19.9 Å². The number of thiocarbonyl (C=S) groups is 1. The summed E-state index contributed by atoms with van der Waals surface area (Å²) in [6.45, 7) is 6.07. The van der Waals surface area contributed by atoms with Gasteiger partial charge in [-0.15, -0.1) is 11.3 Å². The van der Waals surface area contributed by atoms with Gasteiger partial charge in [-0.3, -0.25) is 0 Å². The minimum absolute atomic E-state index is 0.163. The maximum Gasteiger partial charge on any atom is 0.239 e. The number of halogens is 1. The molecule has 2 aromatic heterocycles. The summed E-state index contributed by atoms with van der Waals surface area (Å²) >= 11 is 12.9. The number of hydrogen-bond acceptors (Lipinski definition) is 3. The summed E-state index contributed by atoms with van der Waals surface area (Å²) < 4.78 is 2.33. The molecule has 0 unspecified atom stereocenters. The van der Waals surface area contributed by atoms with Crippen molar-refractivity contribution in [3.8, 4) is 0 Å². The van der Waals surface area contributed by atoms with Crippen LogP contribution in [0.15, 0.2) is 54.9 Å². The number of nitrogens with one attached hydrogen (secondary N) is 1. The van der Waals surface area contributed by atoms with Gasteiger partial charge in [-0.2, -0.15) is 4.57 Å². The standard InChI is InChI=1S/C21H19ClN2OS2/c1-13-5-4-10-24(12-13)19(20(25)17-8-9-18(22)27-17)21(26)23-16-7-6-14(2)15(3)11-16/h4-12H,1-3H3,(H-,23,25,26). The summed E-state index contributed by atoms with van der Waals surface area (Å²) in [4.78, 5) is 0.914. The summed E-state index contributed by atoms with van der Waals surface area (Å²) in [6.07, 6.45) is 3.71. The Bertz CT molecular complexity index is 1040. The third kappa shape index (κ3) is 4.56. The molecule has 0 fully saturated rings. The van der Waals surface area contributed by atoms with E-state index in [-0.39, 0.29) is 5.76 Å². The van der Waals surface area contributed by atoms with Crippen LogP contribution in [0, 0.1) is 20.8 Å². The average molecular weight is 415 g/mol. The van der Waals surface area contributed by atoms with Gasteiger partial charge in [0, 0.05) is 22.2 Å². The van der Waals surface area contributed by atoms with Crippen molar-refractivity contribution in [1.29, 1.82) is 0 Å². The van der Waals surface area contributed by atoms with Crippen LogP contribution in [-0.2, 0) is 0 Å². The van der Waals surface area contributed by atoms with Gasteiger partial charge >= 0.3 is 0 Å². The first-order chi connectivity index (χ1) is 12.8. The van der Waals surface area contributed by atoms with E-state index in [2.05, 4.69) is 12.2 Å². The number of aryl methyl sites for hydroxylation is 3. The summed E-state index contributed by atoms with van der Waals surface area (Å²) in [5, 5.41) is 16.4. The first kappa shape index (κ1) is 19.5. The van der Waals surface area contributed by atoms with Crippen LogP contribution in [0.1, 0.15) is 21.6 Å². The number of benzene rings is 1. The third-order valence-electron chi connectivity index (χ3n) is 4.20. The number of anilines is 1. The molecule has 1 aromatic carbocycles. The van der Waals surface area contributed by atoms with Crippen molar-refractivity contribution in [3.05, 3.63) is 80.8 Å². The predicted octanol–water partition coefficient (Wildman–Crippen LogP) is 4.74. The second-order valence-electron chi connectivity index (χ2n) is 6.32. The zero-order valence-electron chi connectivity index (χ0n) is 15.2. The highest BCUT2D eigenvalue weighted by atomic mass is 35.5. The quantitative estimate of drug-likeness (QED) is 0.290. The summed E-state index contributed by atoms with van der Waals surface area (Å²) in [5.74, 6) is -0.163. The molecule has 0 atom stereocenters. The minimum atomic E-state index is -0.163. The fourth-order valence-electron chi connectivity index (χ4n) is 2.63. The first-order valence-corrected chi connectivity index (χ1v) is 9.99. The molecule has 3 aromatic rings. The van der Waals surface area contributed by atoms with E-state index in [1.165, 1.54) is 16.9 Å². The molecule has 0 amide bonds. The van der Waals surface area contributed by atoms with Gasteiger partial charge in [0.25, 0.3) is 0 Å². The van der Waals surface area contributed by atoms with Crippen molar-refractivity contribution < 1.29 is 9.67 Å². The summed E-state index contributed by atoms with van der Waals surface area (Å²) in [6, 6.07) is 13.3.